The zero-order valence-electron chi connectivity index (χ0n) is 13.0. The van der Waals surface area contributed by atoms with Gasteiger partial charge in [-0.05, 0) is 26.7 Å². The van der Waals surface area contributed by atoms with E-state index in [1.54, 1.807) is 13.8 Å². The van der Waals surface area contributed by atoms with Crippen LogP contribution in [0.25, 0.3) is 0 Å². The first-order valence-corrected chi connectivity index (χ1v) is 8.73. The number of esters is 1. The van der Waals surface area contributed by atoms with Gasteiger partial charge in [-0.15, -0.1) is 0 Å². The smallest absolute Gasteiger partial charge is 0.352 e. The number of hydroxylamine groups is 2. The van der Waals surface area contributed by atoms with E-state index in [2.05, 4.69) is 0 Å². The van der Waals surface area contributed by atoms with Crippen molar-refractivity contribution in [2.24, 2.45) is 5.41 Å². The summed E-state index contributed by atoms with van der Waals surface area (Å²) in [6, 6.07) is -0.831. The third-order valence-corrected chi connectivity index (χ3v) is 6.63. The lowest BCUT2D eigenvalue weighted by atomic mass is 9.97. The Balaban J connectivity index is 2.16. The van der Waals surface area contributed by atoms with Gasteiger partial charge in [0.05, 0.1) is 19.8 Å². The van der Waals surface area contributed by atoms with Crippen molar-refractivity contribution in [3.8, 4) is 0 Å². The van der Waals surface area contributed by atoms with Crippen LogP contribution >= 0.6 is 7.60 Å². The molecule has 0 aromatic rings. The average molecular weight is 321 g/mol. The molecule has 0 saturated carbocycles. The highest BCUT2D eigenvalue weighted by atomic mass is 31.2. The molecule has 0 aromatic heterocycles. The van der Waals surface area contributed by atoms with Crippen LogP contribution in [-0.2, 0) is 23.1 Å². The quantitative estimate of drug-likeness (QED) is 0.631. The molecule has 7 nitrogen and oxygen atoms in total. The van der Waals surface area contributed by atoms with E-state index >= 15 is 0 Å². The summed E-state index contributed by atoms with van der Waals surface area (Å²) in [5, 5.41) is 9.94. The third kappa shape index (κ3) is 2.90. The minimum atomic E-state index is -3.54. The molecule has 2 aliphatic heterocycles. The Hall–Kier alpha value is -0.460. The SMILES string of the molecule is CCOC(=O)C1CCC(C)(P2(=O)OCC(C)(C)CO2)N1O. The molecule has 0 aliphatic carbocycles. The van der Waals surface area contributed by atoms with E-state index in [0.717, 1.165) is 5.06 Å². The first kappa shape index (κ1) is 16.9. The van der Waals surface area contributed by atoms with Gasteiger partial charge in [-0.1, -0.05) is 13.8 Å². The highest BCUT2D eigenvalue weighted by Gasteiger charge is 2.60. The van der Waals surface area contributed by atoms with Gasteiger partial charge in [0.25, 0.3) is 0 Å². The number of hydrogen-bond acceptors (Lipinski definition) is 7. The van der Waals surface area contributed by atoms with E-state index in [9.17, 15) is 14.6 Å². The minimum absolute atomic E-state index is 0.219. The molecule has 2 atom stereocenters. The van der Waals surface area contributed by atoms with Gasteiger partial charge in [0.2, 0.25) is 0 Å². The number of ether oxygens (including phenoxy) is 1. The average Bonchev–Trinajstić information content (AvgIpc) is 2.72. The summed E-state index contributed by atoms with van der Waals surface area (Å²) in [5.41, 5.74) is -0.219. The van der Waals surface area contributed by atoms with Crippen LogP contribution < -0.4 is 0 Å². The van der Waals surface area contributed by atoms with Gasteiger partial charge in [-0.3, -0.25) is 9.36 Å². The second-order valence-electron chi connectivity index (χ2n) is 6.58. The van der Waals surface area contributed by atoms with Crippen LogP contribution in [0.5, 0.6) is 0 Å². The highest BCUT2D eigenvalue weighted by molar-refractivity contribution is 7.55. The molecular weight excluding hydrogens is 297 g/mol. The lowest BCUT2D eigenvalue weighted by Gasteiger charge is -2.43. The van der Waals surface area contributed by atoms with Crippen LogP contribution in [0.15, 0.2) is 0 Å². The molecule has 1 N–H and O–H groups in total. The summed E-state index contributed by atoms with van der Waals surface area (Å²) >= 11 is 0. The largest absolute Gasteiger partial charge is 0.465 e. The van der Waals surface area contributed by atoms with Crippen LogP contribution in [0.1, 0.15) is 40.5 Å². The Kier molecular flexibility index (Phi) is 4.53. The molecule has 2 rings (SSSR count). The highest BCUT2D eigenvalue weighted by Crippen LogP contribution is 2.67. The summed E-state index contributed by atoms with van der Waals surface area (Å²) in [5.74, 6) is -0.521. The van der Waals surface area contributed by atoms with Gasteiger partial charge < -0.3 is 19.0 Å². The van der Waals surface area contributed by atoms with Crippen LogP contribution in [-0.4, -0.2) is 47.4 Å². The number of rotatable bonds is 3. The Morgan fingerprint density at radius 2 is 1.95 bits per heavy atom. The van der Waals surface area contributed by atoms with Crippen molar-refractivity contribution in [2.75, 3.05) is 19.8 Å². The van der Waals surface area contributed by atoms with Gasteiger partial charge in [-0.25, -0.2) is 0 Å². The summed E-state index contributed by atoms with van der Waals surface area (Å²) in [7, 11) is -3.54. The van der Waals surface area contributed by atoms with Gasteiger partial charge in [0.15, 0.2) is 0 Å². The molecule has 2 aliphatic rings. The predicted octanol–water partition coefficient (Wildman–Crippen LogP) is 2.39. The molecule has 0 bridgehead atoms. The van der Waals surface area contributed by atoms with Crippen LogP contribution in [0.4, 0.5) is 0 Å². The maximum absolute atomic E-state index is 13.0. The van der Waals surface area contributed by atoms with E-state index in [1.807, 2.05) is 13.8 Å². The maximum Gasteiger partial charge on any atom is 0.352 e. The van der Waals surface area contributed by atoms with Crippen molar-refractivity contribution in [1.82, 2.24) is 5.06 Å². The van der Waals surface area contributed by atoms with E-state index in [0.29, 0.717) is 12.8 Å². The molecule has 8 heteroatoms. The number of carbonyl (C=O) groups is 1. The van der Waals surface area contributed by atoms with Gasteiger partial charge in [0.1, 0.15) is 11.3 Å². The van der Waals surface area contributed by atoms with Crippen molar-refractivity contribution in [2.45, 2.75) is 51.9 Å². The molecule has 21 heavy (non-hydrogen) atoms. The van der Waals surface area contributed by atoms with E-state index in [4.69, 9.17) is 13.8 Å². The normalized spacial score (nSPS) is 35.6. The molecule has 0 spiro atoms. The zero-order valence-corrected chi connectivity index (χ0v) is 13.9. The molecule has 2 fully saturated rings. The van der Waals surface area contributed by atoms with E-state index in [1.165, 1.54) is 0 Å². The van der Waals surface area contributed by atoms with Crippen LogP contribution in [0, 0.1) is 5.41 Å². The molecule has 122 valence electrons. The van der Waals surface area contributed by atoms with Crippen molar-refractivity contribution in [3.05, 3.63) is 0 Å². The number of hydrogen-bond donors (Lipinski definition) is 1. The Morgan fingerprint density at radius 1 is 1.38 bits per heavy atom. The molecule has 0 aromatic carbocycles. The van der Waals surface area contributed by atoms with Crippen molar-refractivity contribution < 1.29 is 28.4 Å². The zero-order chi connectivity index (χ0) is 15.9. The number of carbonyl (C=O) groups excluding carboxylic acids is 1. The van der Waals surface area contributed by atoms with Crippen LogP contribution in [0.3, 0.4) is 0 Å². The lowest BCUT2D eigenvalue weighted by molar-refractivity contribution is -0.182. The maximum atomic E-state index is 13.0. The monoisotopic (exact) mass is 321 g/mol. The van der Waals surface area contributed by atoms with E-state index in [-0.39, 0.29) is 25.2 Å². The molecule has 0 amide bonds. The molecule has 2 unspecified atom stereocenters. The third-order valence-electron chi connectivity index (χ3n) is 4.08. The van der Waals surface area contributed by atoms with Crippen LogP contribution in [0.2, 0.25) is 0 Å². The van der Waals surface area contributed by atoms with Crippen molar-refractivity contribution in [1.29, 1.82) is 0 Å². The second kappa shape index (κ2) is 5.63. The minimum Gasteiger partial charge on any atom is -0.465 e. The molecule has 2 saturated heterocycles. The Bertz CT molecular complexity index is 454. The van der Waals surface area contributed by atoms with Crippen molar-refractivity contribution in [3.63, 3.8) is 0 Å². The fraction of sp³-hybridized carbons (Fsp3) is 0.923. The Labute approximate surface area is 125 Å². The standard InChI is InChI=1S/C13H24NO6P/c1-5-18-11(15)10-6-7-13(4,14(10)16)21(17)19-8-12(2,3)9-20-21/h10,16H,5-9H2,1-4H3. The Morgan fingerprint density at radius 3 is 2.48 bits per heavy atom. The lowest BCUT2D eigenvalue weighted by Crippen LogP contribution is -2.48. The second-order valence-corrected chi connectivity index (χ2v) is 9.05. The van der Waals surface area contributed by atoms with Gasteiger partial charge in [0, 0.05) is 5.41 Å². The fourth-order valence-electron chi connectivity index (χ4n) is 2.58. The van der Waals surface area contributed by atoms with E-state index < -0.39 is 24.9 Å². The first-order chi connectivity index (χ1) is 9.65. The molecular formula is C13H24NO6P. The van der Waals surface area contributed by atoms with Gasteiger partial charge in [-0.2, -0.15) is 5.06 Å². The van der Waals surface area contributed by atoms with Crippen molar-refractivity contribution >= 4 is 13.6 Å². The predicted molar refractivity (Wildman–Crippen MR) is 75.0 cm³/mol. The summed E-state index contributed by atoms with van der Waals surface area (Å²) in [6.45, 7) is 8.02. The summed E-state index contributed by atoms with van der Waals surface area (Å²) in [6.07, 6.45) is 0.691. The topological polar surface area (TPSA) is 85.3 Å². The molecule has 0 radical (unpaired) electrons. The van der Waals surface area contributed by atoms with Gasteiger partial charge >= 0.3 is 13.6 Å². The fourth-order valence-corrected chi connectivity index (χ4v) is 5.04. The summed E-state index contributed by atoms with van der Waals surface area (Å²) < 4.78 is 28.9. The molecule has 2 heterocycles. The first-order valence-electron chi connectivity index (χ1n) is 7.19. The summed E-state index contributed by atoms with van der Waals surface area (Å²) in [4.78, 5) is 11.8. The number of nitrogens with zero attached hydrogens (tertiary/aromatic N) is 1.